The van der Waals surface area contributed by atoms with E-state index in [0.29, 0.717) is 40.9 Å². The van der Waals surface area contributed by atoms with Crippen molar-refractivity contribution < 1.29 is 38.2 Å². The molecule has 0 radical (unpaired) electrons. The van der Waals surface area contributed by atoms with Gasteiger partial charge in [-0.15, -0.1) is 0 Å². The number of amides is 1. The number of unbranched alkanes of at least 4 members (excludes halogenated alkanes) is 2. The number of ether oxygens (including phenoxy) is 1. The molecular weight excluding hydrogens is 566 g/mol. The van der Waals surface area contributed by atoms with Gasteiger partial charge in [0.05, 0.1) is 10.9 Å². The van der Waals surface area contributed by atoms with Gasteiger partial charge in [-0.1, -0.05) is 24.6 Å². The minimum Gasteiger partial charge on any atom is -0.478 e. The maximum atomic E-state index is 11.7. The molecule has 0 unspecified atom stereocenters. The first-order valence-corrected chi connectivity index (χ1v) is 14.2. The molecule has 5 rings (SSSR count). The minimum atomic E-state index is -1.16. The fourth-order valence-electron chi connectivity index (χ4n) is 4.93. The number of hydrogen-bond acceptors (Lipinski definition) is 9. The first kappa shape index (κ1) is 31.6. The molecule has 0 atom stereocenters. The zero-order valence-electron chi connectivity index (χ0n) is 24.2. The summed E-state index contributed by atoms with van der Waals surface area (Å²) in [6.45, 7) is 2.04. The summed E-state index contributed by atoms with van der Waals surface area (Å²) >= 11 is 0. The van der Waals surface area contributed by atoms with E-state index < -0.39 is 18.0 Å². The molecule has 11 nitrogen and oxygen atoms in total. The number of carboxylic acid groups (broad SMARTS) is 1. The first-order chi connectivity index (χ1) is 21.0. The highest BCUT2D eigenvalue weighted by Crippen LogP contribution is 2.41. The summed E-state index contributed by atoms with van der Waals surface area (Å²) in [5, 5.41) is 21.2. The number of hydrogen-bond donors (Lipinski definition) is 4. The van der Waals surface area contributed by atoms with E-state index in [4.69, 9.17) is 20.3 Å². The summed E-state index contributed by atoms with van der Waals surface area (Å²) in [5.74, 6) is -1.66. The van der Waals surface area contributed by atoms with Crippen molar-refractivity contribution in [2.75, 3.05) is 12.3 Å². The summed E-state index contributed by atoms with van der Waals surface area (Å²) in [7, 11) is 0. The van der Waals surface area contributed by atoms with Crippen LogP contribution in [0, 0.1) is 5.41 Å². The van der Waals surface area contributed by atoms with E-state index in [-0.39, 0.29) is 42.3 Å². The minimum absolute atomic E-state index is 0.0716. The van der Waals surface area contributed by atoms with Crippen LogP contribution in [0.4, 0.5) is 5.69 Å². The van der Waals surface area contributed by atoms with Crippen molar-refractivity contribution in [2.45, 2.75) is 51.6 Å². The van der Waals surface area contributed by atoms with Crippen molar-refractivity contribution in [3.05, 3.63) is 71.6 Å². The van der Waals surface area contributed by atoms with Gasteiger partial charge < -0.3 is 30.7 Å². The SMILES string of the molecule is CC(=O)NCCCCCC(=O)OC1C(=O)CCC1=O.N=c1ccc2c(-c3ccccc3C(=O)O)c3ccc(N)cc3oc-2c1. The smallest absolute Gasteiger partial charge is 0.336 e. The molecular formula is C33H33N3O8. The predicted octanol–water partition coefficient (Wildman–Crippen LogP) is 4.49. The Hall–Kier alpha value is -5.32. The molecule has 1 saturated carbocycles. The number of carbonyl (C=O) groups excluding carboxylic acids is 4. The highest BCUT2D eigenvalue weighted by Gasteiger charge is 2.35. The summed E-state index contributed by atoms with van der Waals surface area (Å²) in [4.78, 5) is 56.2. The van der Waals surface area contributed by atoms with Crippen molar-refractivity contribution in [3.63, 3.8) is 0 Å². The third-order valence-corrected chi connectivity index (χ3v) is 7.06. The molecule has 1 aliphatic heterocycles. The van der Waals surface area contributed by atoms with Gasteiger partial charge in [0, 0.05) is 67.1 Å². The Morgan fingerprint density at radius 1 is 0.977 bits per heavy atom. The maximum Gasteiger partial charge on any atom is 0.336 e. The van der Waals surface area contributed by atoms with Crippen LogP contribution in [0.5, 0.6) is 0 Å². The highest BCUT2D eigenvalue weighted by molar-refractivity contribution is 6.12. The van der Waals surface area contributed by atoms with Gasteiger partial charge in [0.25, 0.3) is 0 Å². The zero-order chi connectivity index (χ0) is 31.8. The maximum absolute atomic E-state index is 11.7. The average molecular weight is 600 g/mol. The van der Waals surface area contributed by atoms with Crippen molar-refractivity contribution in [3.8, 4) is 22.5 Å². The Kier molecular flexibility index (Phi) is 10.2. The van der Waals surface area contributed by atoms with Crippen LogP contribution in [0.25, 0.3) is 33.4 Å². The molecule has 2 aromatic rings. The zero-order valence-corrected chi connectivity index (χ0v) is 24.2. The Labute approximate surface area is 252 Å². The van der Waals surface area contributed by atoms with Gasteiger partial charge in [0.1, 0.15) is 11.3 Å². The molecule has 5 N–H and O–H groups in total. The predicted molar refractivity (Wildman–Crippen MR) is 162 cm³/mol. The molecule has 3 aliphatic rings. The second-order valence-corrected chi connectivity index (χ2v) is 10.4. The lowest BCUT2D eigenvalue weighted by atomic mass is 9.91. The van der Waals surface area contributed by atoms with Crippen LogP contribution in [0.2, 0.25) is 0 Å². The molecule has 44 heavy (non-hydrogen) atoms. The number of anilines is 1. The largest absolute Gasteiger partial charge is 0.478 e. The van der Waals surface area contributed by atoms with Crippen LogP contribution in [-0.4, -0.2) is 47.2 Å². The number of benzene rings is 3. The number of aromatic carboxylic acids is 1. The Morgan fingerprint density at radius 2 is 1.70 bits per heavy atom. The second-order valence-electron chi connectivity index (χ2n) is 10.4. The third-order valence-electron chi connectivity index (χ3n) is 7.06. The van der Waals surface area contributed by atoms with E-state index in [1.807, 2.05) is 6.07 Å². The fourth-order valence-corrected chi connectivity index (χ4v) is 4.93. The molecule has 0 spiro atoms. The number of Topliss-reactive ketones (excluding diaryl/α,β-unsaturated/α-hetero) is 2. The van der Waals surface area contributed by atoms with Crippen LogP contribution < -0.4 is 16.4 Å². The van der Waals surface area contributed by atoms with Gasteiger partial charge >= 0.3 is 11.9 Å². The highest BCUT2D eigenvalue weighted by atomic mass is 16.6. The van der Waals surface area contributed by atoms with Gasteiger partial charge in [-0.2, -0.15) is 0 Å². The fraction of sp³-hybridized carbons (Fsp3) is 0.273. The second kappa shape index (κ2) is 14.2. The summed E-state index contributed by atoms with van der Waals surface area (Å²) in [6, 6.07) is 17.2. The van der Waals surface area contributed by atoms with Crippen molar-refractivity contribution in [2.24, 2.45) is 0 Å². The number of carbonyl (C=O) groups is 5. The topological polar surface area (TPSA) is 190 Å². The van der Waals surface area contributed by atoms with Crippen molar-refractivity contribution >= 4 is 46.1 Å². The average Bonchev–Trinajstić information content (AvgIpc) is 3.29. The number of esters is 1. The molecule has 2 aromatic carbocycles. The molecule has 0 bridgehead atoms. The van der Waals surface area contributed by atoms with E-state index in [1.165, 1.54) is 6.92 Å². The van der Waals surface area contributed by atoms with Crippen LogP contribution in [-0.2, 0) is 23.9 Å². The number of carboxylic acids is 1. The standard InChI is InChI=1S/C20H14N2O3.C13H19NO5/c21-11-5-7-15-17(9-11)25-18-10-12(22)6-8-16(18)19(15)13-3-1-2-4-14(13)20(23)24;1-9(15)14-8-4-2-3-5-12(18)19-13-10(16)6-7-11(13)17/h1-10,21H,22H2,(H,23,24);13H,2-8H2,1H3,(H,14,15). The molecule has 11 heteroatoms. The van der Waals surface area contributed by atoms with E-state index in [1.54, 1.807) is 54.6 Å². The number of ketones is 2. The van der Waals surface area contributed by atoms with Crippen LogP contribution >= 0.6 is 0 Å². The van der Waals surface area contributed by atoms with Crippen molar-refractivity contribution in [1.82, 2.24) is 5.32 Å². The Morgan fingerprint density at radius 3 is 2.41 bits per heavy atom. The molecule has 1 amide bonds. The van der Waals surface area contributed by atoms with Crippen LogP contribution in [0.15, 0.2) is 65.1 Å². The van der Waals surface area contributed by atoms with E-state index in [2.05, 4.69) is 5.32 Å². The summed E-state index contributed by atoms with van der Waals surface area (Å²) in [6.07, 6.45) is 1.56. The summed E-state index contributed by atoms with van der Waals surface area (Å²) in [5.41, 5.74) is 9.30. The normalized spacial score (nSPS) is 13.0. The van der Waals surface area contributed by atoms with Crippen LogP contribution in [0.1, 0.15) is 55.8 Å². The van der Waals surface area contributed by atoms with E-state index in [9.17, 15) is 29.1 Å². The molecule has 2 aliphatic carbocycles. The van der Waals surface area contributed by atoms with Crippen molar-refractivity contribution in [1.29, 1.82) is 5.41 Å². The van der Waals surface area contributed by atoms with Crippen LogP contribution in [0.3, 0.4) is 0 Å². The number of nitrogens with two attached hydrogens (primary N) is 1. The molecule has 0 saturated heterocycles. The number of nitrogen functional groups attached to an aromatic ring is 1. The Bertz CT molecular complexity index is 1740. The lowest BCUT2D eigenvalue weighted by Gasteiger charge is -2.16. The third kappa shape index (κ3) is 7.74. The molecule has 1 fully saturated rings. The number of rotatable bonds is 9. The van der Waals surface area contributed by atoms with Gasteiger partial charge in [-0.3, -0.25) is 19.2 Å². The van der Waals surface area contributed by atoms with E-state index in [0.717, 1.165) is 29.4 Å². The lowest BCUT2D eigenvalue weighted by molar-refractivity contribution is -0.157. The van der Waals surface area contributed by atoms with Gasteiger partial charge in [0.2, 0.25) is 12.0 Å². The van der Waals surface area contributed by atoms with Gasteiger partial charge in [-0.05, 0) is 48.7 Å². The quantitative estimate of drug-likeness (QED) is 0.0706. The lowest BCUT2D eigenvalue weighted by Crippen LogP contribution is -2.28. The Balaban J connectivity index is 0.000000210. The number of nitrogens with one attached hydrogen (secondary N) is 2. The molecule has 1 heterocycles. The molecule has 0 aromatic heterocycles. The first-order valence-electron chi connectivity index (χ1n) is 14.2. The monoisotopic (exact) mass is 599 g/mol. The summed E-state index contributed by atoms with van der Waals surface area (Å²) < 4.78 is 10.8. The number of fused-ring (bicyclic) bond motifs is 2. The molecule has 228 valence electrons. The van der Waals surface area contributed by atoms with Gasteiger partial charge in [-0.25, -0.2) is 4.79 Å². The van der Waals surface area contributed by atoms with E-state index >= 15 is 0 Å². The van der Waals surface area contributed by atoms with Gasteiger partial charge in [0.15, 0.2) is 11.6 Å².